The molecule has 5 heteroatoms. The number of hydrogen-bond acceptors (Lipinski definition) is 4. The van der Waals surface area contributed by atoms with Gasteiger partial charge in [-0.05, 0) is 15.4 Å². The minimum absolute atomic E-state index is 0.0973. The summed E-state index contributed by atoms with van der Waals surface area (Å²) >= 11 is 0. The van der Waals surface area contributed by atoms with Gasteiger partial charge in [-0.15, -0.1) is 0 Å². The van der Waals surface area contributed by atoms with Gasteiger partial charge in [0.05, 0.1) is 12.7 Å². The van der Waals surface area contributed by atoms with E-state index in [-0.39, 0.29) is 17.4 Å². The van der Waals surface area contributed by atoms with Crippen molar-refractivity contribution in [3.63, 3.8) is 0 Å². The molecule has 1 fully saturated rings. The summed E-state index contributed by atoms with van der Waals surface area (Å²) in [6.45, 7) is 7.06. The molecule has 0 amide bonds. The molecule has 4 nitrogen and oxygen atoms in total. The van der Waals surface area contributed by atoms with E-state index in [1.54, 1.807) is 7.11 Å². The van der Waals surface area contributed by atoms with Gasteiger partial charge in [-0.25, -0.2) is 0 Å². The molecule has 2 aromatic carbocycles. The van der Waals surface area contributed by atoms with Crippen molar-refractivity contribution >= 4 is 18.7 Å². The third-order valence-corrected chi connectivity index (χ3v) is 10.3. The predicted octanol–water partition coefficient (Wildman–Crippen LogP) is 2.69. The summed E-state index contributed by atoms with van der Waals surface area (Å²) in [5.74, 6) is 0. The monoisotopic (exact) mass is 386 g/mol. The zero-order valence-electron chi connectivity index (χ0n) is 16.6. The lowest BCUT2D eigenvalue weighted by Crippen LogP contribution is -2.67. The number of benzene rings is 2. The van der Waals surface area contributed by atoms with Gasteiger partial charge in [0, 0.05) is 13.5 Å². The number of aliphatic hydroxyl groups is 1. The van der Waals surface area contributed by atoms with Crippen LogP contribution in [0.2, 0.25) is 5.04 Å². The number of hydrogen-bond donors (Lipinski definition) is 1. The highest BCUT2D eigenvalue weighted by molar-refractivity contribution is 6.99. The summed E-state index contributed by atoms with van der Waals surface area (Å²) in [5, 5.41) is 12.7. The maximum Gasteiger partial charge on any atom is 0.261 e. The fourth-order valence-corrected chi connectivity index (χ4v) is 8.53. The maximum absolute atomic E-state index is 10.4. The minimum atomic E-state index is -2.61. The maximum atomic E-state index is 10.4. The van der Waals surface area contributed by atoms with Gasteiger partial charge >= 0.3 is 0 Å². The standard InChI is InChI=1S/C22H30O4Si/c1-22(2,3)27(17-11-7-5-8-12-17,18-13-9-6-10-14-18)25-16-20-19(23)15-21(24-4)26-20/h5-14,19-21,23H,15-16H2,1-4H3/t19-,20+,21+/m0/s1. The second kappa shape index (κ2) is 8.25. The van der Waals surface area contributed by atoms with Crippen LogP contribution in [0.5, 0.6) is 0 Å². The molecule has 0 radical (unpaired) electrons. The highest BCUT2D eigenvalue weighted by Gasteiger charge is 2.51. The van der Waals surface area contributed by atoms with E-state index in [1.165, 1.54) is 10.4 Å². The largest absolute Gasteiger partial charge is 0.405 e. The summed E-state index contributed by atoms with van der Waals surface area (Å²) in [6, 6.07) is 21.0. The third-order valence-electron chi connectivity index (χ3n) is 5.33. The Kier molecular flexibility index (Phi) is 6.18. The Morgan fingerprint density at radius 2 is 1.52 bits per heavy atom. The van der Waals surface area contributed by atoms with Gasteiger partial charge in [0.2, 0.25) is 0 Å². The van der Waals surface area contributed by atoms with Crippen molar-refractivity contribution in [1.29, 1.82) is 0 Å². The van der Waals surface area contributed by atoms with Crippen molar-refractivity contribution in [2.45, 2.75) is 50.7 Å². The van der Waals surface area contributed by atoms with Crippen molar-refractivity contribution in [1.82, 2.24) is 0 Å². The van der Waals surface area contributed by atoms with E-state index >= 15 is 0 Å². The topological polar surface area (TPSA) is 47.9 Å². The fraction of sp³-hybridized carbons (Fsp3) is 0.455. The van der Waals surface area contributed by atoms with Crippen LogP contribution >= 0.6 is 0 Å². The Morgan fingerprint density at radius 3 is 1.93 bits per heavy atom. The Bertz CT molecular complexity index is 675. The van der Waals surface area contributed by atoms with E-state index in [9.17, 15) is 5.11 Å². The van der Waals surface area contributed by atoms with E-state index in [0.29, 0.717) is 13.0 Å². The lowest BCUT2D eigenvalue weighted by Gasteiger charge is -2.43. The first kappa shape index (κ1) is 20.2. The van der Waals surface area contributed by atoms with Crippen LogP contribution in [0.25, 0.3) is 0 Å². The van der Waals surface area contributed by atoms with Crippen molar-refractivity contribution in [3.8, 4) is 0 Å². The minimum Gasteiger partial charge on any atom is -0.405 e. The second-order valence-electron chi connectivity index (χ2n) is 8.12. The number of ether oxygens (including phenoxy) is 2. The molecule has 0 spiro atoms. The molecular weight excluding hydrogens is 356 g/mol. The molecule has 1 N–H and O–H groups in total. The van der Waals surface area contributed by atoms with Gasteiger partial charge < -0.3 is 19.0 Å². The summed E-state index contributed by atoms with van der Waals surface area (Å²) in [6.07, 6.45) is -0.844. The Hall–Kier alpha value is -1.50. The SMILES string of the molecule is CO[C@H]1C[C@H](O)[C@@H](CO[Si](c2ccccc2)(c2ccccc2)C(C)(C)C)O1. The summed E-state index contributed by atoms with van der Waals surface area (Å²) in [5.41, 5.74) is 0. The van der Waals surface area contributed by atoms with Crippen molar-refractivity contribution < 1.29 is 19.0 Å². The molecule has 3 rings (SSSR count). The third kappa shape index (κ3) is 4.03. The first-order valence-corrected chi connectivity index (χ1v) is 11.4. The van der Waals surface area contributed by atoms with E-state index in [2.05, 4.69) is 69.3 Å². The molecule has 146 valence electrons. The molecule has 27 heavy (non-hydrogen) atoms. The zero-order chi connectivity index (χ0) is 19.5. The lowest BCUT2D eigenvalue weighted by molar-refractivity contribution is -0.125. The Labute approximate surface area is 163 Å². The van der Waals surface area contributed by atoms with Crippen LogP contribution < -0.4 is 10.4 Å². The lowest BCUT2D eigenvalue weighted by atomic mass is 10.2. The van der Waals surface area contributed by atoms with Gasteiger partial charge in [-0.2, -0.15) is 0 Å². The van der Waals surface area contributed by atoms with Crippen LogP contribution in [-0.2, 0) is 13.9 Å². The molecule has 1 aliphatic heterocycles. The molecular formula is C22H30O4Si. The van der Waals surface area contributed by atoms with Crippen LogP contribution in [0.3, 0.4) is 0 Å². The van der Waals surface area contributed by atoms with E-state index in [0.717, 1.165) is 0 Å². The van der Waals surface area contributed by atoms with Crippen LogP contribution in [-0.4, -0.2) is 45.6 Å². The molecule has 3 atom stereocenters. The number of rotatable bonds is 6. The van der Waals surface area contributed by atoms with E-state index < -0.39 is 14.4 Å². The molecule has 1 heterocycles. The van der Waals surface area contributed by atoms with Crippen LogP contribution in [0.1, 0.15) is 27.2 Å². The van der Waals surface area contributed by atoms with Gasteiger partial charge in [0.1, 0.15) is 6.10 Å². The van der Waals surface area contributed by atoms with Crippen molar-refractivity contribution in [2.75, 3.05) is 13.7 Å². The quantitative estimate of drug-likeness (QED) is 0.776. The van der Waals surface area contributed by atoms with E-state index in [4.69, 9.17) is 13.9 Å². The van der Waals surface area contributed by atoms with Gasteiger partial charge in [0.15, 0.2) is 6.29 Å². The smallest absolute Gasteiger partial charge is 0.261 e. The zero-order valence-corrected chi connectivity index (χ0v) is 17.6. The van der Waals surface area contributed by atoms with Crippen LogP contribution in [0.15, 0.2) is 60.7 Å². The van der Waals surface area contributed by atoms with Crippen molar-refractivity contribution in [3.05, 3.63) is 60.7 Å². The summed E-state index contributed by atoms with van der Waals surface area (Å²) < 4.78 is 17.9. The van der Waals surface area contributed by atoms with Crippen LogP contribution in [0.4, 0.5) is 0 Å². The molecule has 2 aromatic rings. The molecule has 0 aromatic heterocycles. The molecule has 0 saturated carbocycles. The highest BCUT2D eigenvalue weighted by Crippen LogP contribution is 2.37. The van der Waals surface area contributed by atoms with Gasteiger partial charge in [-0.3, -0.25) is 0 Å². The molecule has 1 aliphatic rings. The Morgan fingerprint density at radius 1 is 1.00 bits per heavy atom. The Balaban J connectivity index is 2.00. The fourth-order valence-electron chi connectivity index (χ4n) is 3.96. The molecule has 0 aliphatic carbocycles. The average Bonchev–Trinajstić information content (AvgIpc) is 3.03. The van der Waals surface area contributed by atoms with Gasteiger partial charge in [-0.1, -0.05) is 81.4 Å². The van der Waals surface area contributed by atoms with E-state index in [1.807, 2.05) is 12.1 Å². The average molecular weight is 387 g/mol. The number of aliphatic hydroxyl groups excluding tert-OH is 1. The normalized spacial score (nSPS) is 23.5. The molecule has 1 saturated heterocycles. The summed E-state index contributed by atoms with van der Waals surface area (Å²) in [7, 11) is -1.01. The predicted molar refractivity (Wildman–Crippen MR) is 110 cm³/mol. The second-order valence-corrected chi connectivity index (χ2v) is 12.4. The van der Waals surface area contributed by atoms with Gasteiger partial charge in [0.25, 0.3) is 8.32 Å². The van der Waals surface area contributed by atoms with Crippen molar-refractivity contribution in [2.24, 2.45) is 0 Å². The first-order chi connectivity index (χ1) is 12.9. The first-order valence-electron chi connectivity index (χ1n) is 9.50. The number of methoxy groups -OCH3 is 1. The highest BCUT2D eigenvalue weighted by atomic mass is 28.4. The van der Waals surface area contributed by atoms with Crippen LogP contribution in [0, 0.1) is 0 Å². The molecule has 0 bridgehead atoms. The molecule has 0 unspecified atom stereocenters. The summed E-state index contributed by atoms with van der Waals surface area (Å²) in [4.78, 5) is 0.